The predicted molar refractivity (Wildman–Crippen MR) is 85.2 cm³/mol. The largest absolute Gasteiger partial charge is 0.289 e. The molecule has 0 aliphatic heterocycles. The highest BCUT2D eigenvalue weighted by Crippen LogP contribution is 2.21. The number of ketones is 1. The van der Waals surface area contributed by atoms with Crippen molar-refractivity contribution in [3.8, 4) is 10.6 Å². The average Bonchev–Trinajstić information content (AvgIpc) is 3.10. The van der Waals surface area contributed by atoms with Crippen LogP contribution in [0.3, 0.4) is 0 Å². The van der Waals surface area contributed by atoms with Gasteiger partial charge in [-0.05, 0) is 22.5 Å². The summed E-state index contributed by atoms with van der Waals surface area (Å²) in [5, 5.41) is 13.0. The van der Waals surface area contributed by atoms with Gasteiger partial charge in [0.2, 0.25) is 5.78 Å². The van der Waals surface area contributed by atoms with Crippen LogP contribution in [0.1, 0.15) is 10.4 Å². The molecule has 3 rings (SSSR count). The lowest BCUT2D eigenvalue weighted by Gasteiger charge is -2.01. The van der Waals surface area contributed by atoms with Crippen molar-refractivity contribution in [3.63, 3.8) is 0 Å². The second-order valence-electron chi connectivity index (χ2n) is 4.79. The van der Waals surface area contributed by atoms with Gasteiger partial charge in [0.05, 0.1) is 21.6 Å². The summed E-state index contributed by atoms with van der Waals surface area (Å²) in [5.41, 5.74) is 0.753. The van der Waals surface area contributed by atoms with E-state index in [1.54, 1.807) is 40.6 Å². The number of para-hydroxylation sites is 1. The van der Waals surface area contributed by atoms with Crippen LogP contribution in [0.4, 0.5) is 5.69 Å². The maximum atomic E-state index is 12.3. The van der Waals surface area contributed by atoms with Crippen molar-refractivity contribution in [1.82, 2.24) is 4.98 Å². The summed E-state index contributed by atoms with van der Waals surface area (Å²) in [5.74, 6) is -0.326. The third-order valence-electron chi connectivity index (χ3n) is 3.27. The summed E-state index contributed by atoms with van der Waals surface area (Å²) < 4.78 is 1.61. The highest BCUT2D eigenvalue weighted by molar-refractivity contribution is 7.13. The van der Waals surface area contributed by atoms with Crippen molar-refractivity contribution < 1.29 is 14.3 Å². The molecule has 0 saturated heterocycles. The van der Waals surface area contributed by atoms with E-state index in [0.717, 1.165) is 10.6 Å². The number of rotatable bonds is 5. The van der Waals surface area contributed by atoms with E-state index in [1.807, 2.05) is 23.6 Å². The van der Waals surface area contributed by atoms with Gasteiger partial charge < -0.3 is 0 Å². The molecule has 0 bridgehead atoms. The monoisotopic (exact) mass is 326 g/mol. The van der Waals surface area contributed by atoms with Crippen LogP contribution in [-0.2, 0) is 6.54 Å². The summed E-state index contributed by atoms with van der Waals surface area (Å²) in [7, 11) is 0. The van der Waals surface area contributed by atoms with Crippen molar-refractivity contribution in [2.45, 2.75) is 6.54 Å². The molecule has 7 heteroatoms. The average molecular weight is 326 g/mol. The molecule has 6 nitrogen and oxygen atoms in total. The fourth-order valence-corrected chi connectivity index (χ4v) is 2.87. The molecule has 1 aromatic carbocycles. The number of Topliss-reactive ketones (excluding diaryl/α,β-unsaturated/α-hetero) is 1. The first-order valence-electron chi connectivity index (χ1n) is 6.81. The van der Waals surface area contributed by atoms with Crippen LogP contribution in [0.25, 0.3) is 10.6 Å². The molecule has 0 spiro atoms. The summed E-state index contributed by atoms with van der Waals surface area (Å²) >= 11 is 1.58. The smallest absolute Gasteiger partial charge is 0.287 e. The Kier molecular flexibility index (Phi) is 4.20. The zero-order valence-corrected chi connectivity index (χ0v) is 12.8. The van der Waals surface area contributed by atoms with Gasteiger partial charge >= 0.3 is 0 Å². The topological polar surface area (TPSA) is 77.0 Å². The van der Waals surface area contributed by atoms with Gasteiger partial charge in [0.1, 0.15) is 0 Å². The van der Waals surface area contributed by atoms with Gasteiger partial charge in [-0.1, -0.05) is 18.2 Å². The van der Waals surface area contributed by atoms with Gasteiger partial charge in [-0.2, -0.15) is 0 Å². The second-order valence-corrected chi connectivity index (χ2v) is 5.74. The molecule has 0 unspecified atom stereocenters. The molecule has 0 atom stereocenters. The Bertz CT molecular complexity index is 845. The summed E-state index contributed by atoms with van der Waals surface area (Å²) in [6, 6.07) is 11.7. The Balaban J connectivity index is 1.80. The van der Waals surface area contributed by atoms with Crippen LogP contribution in [0, 0.1) is 10.1 Å². The van der Waals surface area contributed by atoms with Crippen LogP contribution < -0.4 is 4.57 Å². The van der Waals surface area contributed by atoms with E-state index in [4.69, 9.17) is 0 Å². The zero-order chi connectivity index (χ0) is 16.2. The van der Waals surface area contributed by atoms with Gasteiger partial charge in [-0.25, -0.2) is 4.57 Å². The normalized spacial score (nSPS) is 10.4. The molecule has 23 heavy (non-hydrogen) atoms. The van der Waals surface area contributed by atoms with Crippen LogP contribution in [0.15, 0.2) is 60.4 Å². The predicted octanol–water partition coefficient (Wildman–Crippen LogP) is 2.89. The Hall–Kier alpha value is -2.93. The number of aromatic nitrogens is 2. The van der Waals surface area contributed by atoms with E-state index in [1.165, 1.54) is 12.1 Å². The number of carbonyl (C=O) groups is 1. The Morgan fingerprint density at radius 3 is 2.70 bits per heavy atom. The maximum absolute atomic E-state index is 12.3. The number of hydrogen-bond acceptors (Lipinski definition) is 5. The molecule has 0 radical (unpaired) electrons. The van der Waals surface area contributed by atoms with Gasteiger partial charge in [-0.3, -0.25) is 14.9 Å². The second kappa shape index (κ2) is 6.45. The van der Waals surface area contributed by atoms with Crippen LogP contribution in [0.5, 0.6) is 0 Å². The Labute approximate surface area is 135 Å². The number of hydrogen-bond donors (Lipinski definition) is 0. The number of nitro benzene ring substituents is 1. The highest BCUT2D eigenvalue weighted by Gasteiger charge is 2.21. The quantitative estimate of drug-likeness (QED) is 0.313. The van der Waals surface area contributed by atoms with E-state index in [9.17, 15) is 14.9 Å². The summed E-state index contributed by atoms with van der Waals surface area (Å²) in [6.45, 7) is 0.00255. The minimum Gasteiger partial charge on any atom is -0.289 e. The summed E-state index contributed by atoms with van der Waals surface area (Å²) in [6.07, 6.45) is 3.30. The number of nitro groups is 1. The fraction of sp³-hybridized carbons (Fsp3) is 0.0625. The first-order valence-corrected chi connectivity index (χ1v) is 7.69. The number of carbonyl (C=O) groups excluding carboxylic acids is 1. The molecule has 0 amide bonds. The van der Waals surface area contributed by atoms with Gasteiger partial charge in [0, 0.05) is 12.1 Å². The lowest BCUT2D eigenvalue weighted by Crippen LogP contribution is -2.37. The van der Waals surface area contributed by atoms with Crippen molar-refractivity contribution in [1.29, 1.82) is 0 Å². The molecule has 0 N–H and O–H groups in total. The zero-order valence-electron chi connectivity index (χ0n) is 12.0. The number of nitrogens with zero attached hydrogens (tertiary/aromatic N) is 3. The Morgan fingerprint density at radius 1 is 1.22 bits per heavy atom. The van der Waals surface area contributed by atoms with E-state index < -0.39 is 4.92 Å². The van der Waals surface area contributed by atoms with Gasteiger partial charge in [0.25, 0.3) is 12.0 Å². The number of benzene rings is 1. The molecule has 0 fully saturated rings. The third kappa shape index (κ3) is 3.29. The fourth-order valence-electron chi connectivity index (χ4n) is 2.17. The van der Waals surface area contributed by atoms with Gasteiger partial charge in [0.15, 0.2) is 12.2 Å². The van der Waals surface area contributed by atoms with E-state index >= 15 is 0 Å². The first kappa shape index (κ1) is 15.0. The van der Waals surface area contributed by atoms with Gasteiger partial charge in [-0.15, -0.1) is 11.3 Å². The minimum atomic E-state index is -0.546. The van der Waals surface area contributed by atoms with Crippen molar-refractivity contribution in [3.05, 3.63) is 76.0 Å². The Morgan fingerprint density at radius 2 is 2.04 bits per heavy atom. The molecule has 0 saturated carbocycles. The summed E-state index contributed by atoms with van der Waals surface area (Å²) in [4.78, 5) is 28.1. The minimum absolute atomic E-state index is 0.00255. The standard InChI is InChI=1S/C16H12N3O3S/c20-15(12-4-1-2-5-14(12)19(21)22)10-18-8-7-13(17-11-18)16-6-3-9-23-16/h1-9,11H,10H2/q+1. The first-order chi connectivity index (χ1) is 11.1. The molecule has 0 aliphatic carbocycles. The molecule has 2 aromatic heterocycles. The van der Waals surface area contributed by atoms with Crippen molar-refractivity contribution >= 4 is 22.8 Å². The molecular formula is C16H12N3O3S+. The number of thiophene rings is 1. The van der Waals surface area contributed by atoms with Crippen LogP contribution in [-0.4, -0.2) is 15.7 Å². The van der Waals surface area contributed by atoms with E-state index in [2.05, 4.69) is 4.98 Å². The molecule has 0 aliphatic rings. The van der Waals surface area contributed by atoms with Crippen LogP contribution in [0.2, 0.25) is 0 Å². The molecule has 114 valence electrons. The van der Waals surface area contributed by atoms with Crippen LogP contribution >= 0.6 is 11.3 Å². The SMILES string of the molecule is O=C(C[n+]1ccc(-c2cccs2)nc1)c1ccccc1[N+](=O)[O-]. The van der Waals surface area contributed by atoms with Crippen molar-refractivity contribution in [2.75, 3.05) is 0 Å². The molecule has 2 heterocycles. The maximum Gasteiger partial charge on any atom is 0.287 e. The molecular weight excluding hydrogens is 314 g/mol. The highest BCUT2D eigenvalue weighted by atomic mass is 32.1. The van der Waals surface area contributed by atoms with E-state index in [-0.39, 0.29) is 23.6 Å². The lowest BCUT2D eigenvalue weighted by molar-refractivity contribution is -0.686. The molecule has 3 aromatic rings. The van der Waals surface area contributed by atoms with E-state index in [0.29, 0.717) is 0 Å². The lowest BCUT2D eigenvalue weighted by atomic mass is 10.1. The van der Waals surface area contributed by atoms with Crippen molar-refractivity contribution in [2.24, 2.45) is 0 Å². The third-order valence-corrected chi connectivity index (χ3v) is 4.16.